The standard InChI is InChI=1S/C22H23N5O2S/c1-2-11-25-20(28)17-8-4-5-9-18(17)27-21(25)23-26(22(27)30)15-24-12-13-29-19-10-6-3-7-16(19)14-24/h3-10H,2,11-15H2,1H3. The first-order valence-electron chi connectivity index (χ1n) is 10.2. The van der Waals surface area contributed by atoms with Gasteiger partial charge in [-0.05, 0) is 36.8 Å². The molecule has 8 heteroatoms. The van der Waals surface area contributed by atoms with E-state index in [2.05, 4.69) is 17.9 Å². The van der Waals surface area contributed by atoms with E-state index in [1.54, 1.807) is 4.57 Å². The summed E-state index contributed by atoms with van der Waals surface area (Å²) < 4.78 is 11.9. The normalized spacial score (nSPS) is 14.6. The van der Waals surface area contributed by atoms with Crippen LogP contribution in [0.1, 0.15) is 18.9 Å². The number of aryl methyl sites for hydroxylation is 1. The van der Waals surface area contributed by atoms with Gasteiger partial charge in [-0.2, -0.15) is 0 Å². The number of aromatic nitrogens is 4. The van der Waals surface area contributed by atoms with E-state index in [0.717, 1.165) is 36.3 Å². The number of fused-ring (bicyclic) bond motifs is 4. The summed E-state index contributed by atoms with van der Waals surface area (Å²) in [7, 11) is 0. The van der Waals surface area contributed by atoms with Crippen LogP contribution in [0.2, 0.25) is 0 Å². The predicted octanol–water partition coefficient (Wildman–Crippen LogP) is 3.44. The molecule has 154 valence electrons. The third-order valence-electron chi connectivity index (χ3n) is 5.50. The fraction of sp³-hybridized carbons (Fsp3) is 0.318. The molecule has 30 heavy (non-hydrogen) atoms. The predicted molar refractivity (Wildman–Crippen MR) is 118 cm³/mol. The Hall–Kier alpha value is -2.97. The van der Waals surface area contributed by atoms with Gasteiger partial charge in [0.25, 0.3) is 5.56 Å². The van der Waals surface area contributed by atoms with Gasteiger partial charge < -0.3 is 4.74 Å². The number of para-hydroxylation sites is 2. The number of hydrogen-bond donors (Lipinski definition) is 0. The molecule has 0 saturated heterocycles. The second kappa shape index (κ2) is 7.70. The maximum atomic E-state index is 13.1. The van der Waals surface area contributed by atoms with Gasteiger partial charge in [0.15, 0.2) is 0 Å². The van der Waals surface area contributed by atoms with Gasteiger partial charge in [0.2, 0.25) is 10.5 Å². The van der Waals surface area contributed by atoms with E-state index in [9.17, 15) is 4.79 Å². The summed E-state index contributed by atoms with van der Waals surface area (Å²) in [4.78, 5) is 15.3. The SMILES string of the molecule is CCCn1c(=O)c2ccccc2n2c(=S)n(CN3CCOc4ccccc4C3)nc12. The van der Waals surface area contributed by atoms with Crippen molar-refractivity contribution in [1.82, 2.24) is 23.6 Å². The van der Waals surface area contributed by atoms with Crippen LogP contribution >= 0.6 is 12.2 Å². The van der Waals surface area contributed by atoms with Gasteiger partial charge in [0, 0.05) is 25.2 Å². The molecule has 3 heterocycles. The zero-order valence-electron chi connectivity index (χ0n) is 16.8. The topological polar surface area (TPSA) is 56.7 Å². The van der Waals surface area contributed by atoms with Gasteiger partial charge in [-0.1, -0.05) is 37.3 Å². The van der Waals surface area contributed by atoms with Gasteiger partial charge in [-0.3, -0.25) is 18.7 Å². The molecule has 0 unspecified atom stereocenters. The fourth-order valence-corrected chi connectivity index (χ4v) is 4.35. The molecule has 0 bridgehead atoms. The first-order valence-corrected chi connectivity index (χ1v) is 10.6. The van der Waals surface area contributed by atoms with Crippen LogP contribution in [0.5, 0.6) is 5.75 Å². The second-order valence-corrected chi connectivity index (χ2v) is 7.91. The molecule has 0 radical (unpaired) electrons. The highest BCUT2D eigenvalue weighted by Gasteiger charge is 2.19. The number of benzene rings is 2. The van der Waals surface area contributed by atoms with Crippen LogP contribution in [-0.4, -0.2) is 36.8 Å². The van der Waals surface area contributed by atoms with Gasteiger partial charge in [0.1, 0.15) is 12.4 Å². The lowest BCUT2D eigenvalue weighted by Gasteiger charge is -2.18. The highest BCUT2D eigenvalue weighted by Crippen LogP contribution is 2.23. The van der Waals surface area contributed by atoms with Crippen LogP contribution in [0.25, 0.3) is 16.7 Å². The highest BCUT2D eigenvalue weighted by atomic mass is 32.1. The van der Waals surface area contributed by atoms with E-state index in [4.69, 9.17) is 22.1 Å². The molecule has 1 aliphatic heterocycles. The quantitative estimate of drug-likeness (QED) is 0.473. The summed E-state index contributed by atoms with van der Waals surface area (Å²) in [5, 5.41) is 5.44. The molecule has 0 fully saturated rings. The van der Waals surface area contributed by atoms with Gasteiger partial charge in [-0.15, -0.1) is 5.10 Å². The summed E-state index contributed by atoms with van der Waals surface area (Å²) in [5.41, 5.74) is 1.92. The lowest BCUT2D eigenvalue weighted by molar-refractivity contribution is 0.177. The number of ether oxygens (including phenoxy) is 1. The molecule has 0 saturated carbocycles. The van der Waals surface area contributed by atoms with Crippen molar-refractivity contribution in [2.24, 2.45) is 0 Å². The van der Waals surface area contributed by atoms with Crippen molar-refractivity contribution in [3.8, 4) is 5.75 Å². The summed E-state index contributed by atoms with van der Waals surface area (Å²) in [6.07, 6.45) is 0.841. The first kappa shape index (κ1) is 19.0. The van der Waals surface area contributed by atoms with Crippen LogP contribution in [0, 0.1) is 4.77 Å². The highest BCUT2D eigenvalue weighted by molar-refractivity contribution is 7.71. The smallest absolute Gasteiger partial charge is 0.262 e. The van der Waals surface area contributed by atoms with Gasteiger partial charge in [0.05, 0.1) is 17.6 Å². The van der Waals surface area contributed by atoms with Crippen molar-refractivity contribution in [3.05, 3.63) is 69.2 Å². The number of nitrogens with zero attached hydrogens (tertiary/aromatic N) is 5. The Kier molecular flexibility index (Phi) is 4.88. The molecular formula is C22H23N5O2S. The van der Waals surface area contributed by atoms with Crippen molar-refractivity contribution in [1.29, 1.82) is 0 Å². The van der Waals surface area contributed by atoms with Crippen LogP contribution in [0.4, 0.5) is 0 Å². The van der Waals surface area contributed by atoms with Crippen molar-refractivity contribution < 1.29 is 4.74 Å². The van der Waals surface area contributed by atoms with Crippen molar-refractivity contribution >= 4 is 28.9 Å². The van der Waals surface area contributed by atoms with E-state index in [1.807, 2.05) is 51.5 Å². The molecule has 1 aliphatic rings. The van der Waals surface area contributed by atoms with Crippen LogP contribution < -0.4 is 10.3 Å². The van der Waals surface area contributed by atoms with E-state index < -0.39 is 0 Å². The Labute approximate surface area is 178 Å². The molecule has 5 rings (SSSR count). The monoisotopic (exact) mass is 421 g/mol. The van der Waals surface area contributed by atoms with Gasteiger partial charge in [-0.25, -0.2) is 4.68 Å². The molecule has 0 aliphatic carbocycles. The minimum atomic E-state index is -0.0239. The molecular weight excluding hydrogens is 398 g/mol. The first-order chi connectivity index (χ1) is 14.7. The zero-order chi connectivity index (χ0) is 20.7. The summed E-state index contributed by atoms with van der Waals surface area (Å²) in [6.45, 7) is 5.33. The lowest BCUT2D eigenvalue weighted by atomic mass is 10.2. The lowest BCUT2D eigenvalue weighted by Crippen LogP contribution is -2.29. The van der Waals surface area contributed by atoms with Crippen LogP contribution in [0.3, 0.4) is 0 Å². The van der Waals surface area contributed by atoms with E-state index in [1.165, 1.54) is 0 Å². The third-order valence-corrected chi connectivity index (χ3v) is 5.89. The molecule has 0 N–H and O–H groups in total. The average molecular weight is 422 g/mol. The maximum Gasteiger partial charge on any atom is 0.262 e. The second-order valence-electron chi connectivity index (χ2n) is 7.54. The Balaban J connectivity index is 1.62. The Morgan fingerprint density at radius 1 is 1.13 bits per heavy atom. The average Bonchev–Trinajstić information content (AvgIpc) is 2.94. The van der Waals surface area contributed by atoms with Crippen molar-refractivity contribution in [2.45, 2.75) is 33.1 Å². The number of hydrogen-bond acceptors (Lipinski definition) is 5. The Morgan fingerprint density at radius 2 is 1.93 bits per heavy atom. The summed E-state index contributed by atoms with van der Waals surface area (Å²) in [6, 6.07) is 15.7. The third kappa shape index (κ3) is 3.12. The van der Waals surface area contributed by atoms with E-state index in [0.29, 0.717) is 35.8 Å². The van der Waals surface area contributed by atoms with Crippen LogP contribution in [0.15, 0.2) is 53.3 Å². The van der Waals surface area contributed by atoms with E-state index >= 15 is 0 Å². The molecule has 2 aromatic heterocycles. The van der Waals surface area contributed by atoms with Crippen LogP contribution in [-0.2, 0) is 19.8 Å². The molecule has 0 spiro atoms. The molecule has 0 amide bonds. The summed E-state index contributed by atoms with van der Waals surface area (Å²) >= 11 is 5.81. The fourth-order valence-electron chi connectivity index (χ4n) is 4.07. The van der Waals surface area contributed by atoms with Crippen molar-refractivity contribution in [3.63, 3.8) is 0 Å². The minimum Gasteiger partial charge on any atom is -0.492 e. The van der Waals surface area contributed by atoms with Crippen molar-refractivity contribution in [2.75, 3.05) is 13.2 Å². The minimum absolute atomic E-state index is 0.0239. The largest absolute Gasteiger partial charge is 0.492 e. The maximum absolute atomic E-state index is 13.1. The van der Waals surface area contributed by atoms with Gasteiger partial charge >= 0.3 is 0 Å². The molecule has 2 aromatic carbocycles. The molecule has 7 nitrogen and oxygen atoms in total. The zero-order valence-corrected chi connectivity index (χ0v) is 17.6. The molecule has 4 aromatic rings. The molecule has 0 atom stereocenters. The summed E-state index contributed by atoms with van der Waals surface area (Å²) in [5.74, 6) is 1.53. The Bertz CT molecular complexity index is 1350. The van der Waals surface area contributed by atoms with E-state index in [-0.39, 0.29) is 5.56 Å². The Morgan fingerprint density at radius 3 is 2.80 bits per heavy atom. The number of rotatable bonds is 4.